The Morgan fingerprint density at radius 3 is 2.69 bits per heavy atom. The molecule has 2 aromatic rings. The lowest BCUT2D eigenvalue weighted by atomic mass is 10.1. The molecule has 136 valence electrons. The lowest BCUT2D eigenvalue weighted by Crippen LogP contribution is -2.26. The van der Waals surface area contributed by atoms with Gasteiger partial charge in [0.1, 0.15) is 0 Å². The molecule has 1 N–H and O–H groups in total. The van der Waals surface area contributed by atoms with Gasteiger partial charge >= 0.3 is 0 Å². The van der Waals surface area contributed by atoms with Crippen LogP contribution in [0.5, 0.6) is 0 Å². The monoisotopic (exact) mass is 386 g/mol. The van der Waals surface area contributed by atoms with Gasteiger partial charge in [-0.2, -0.15) is 17.0 Å². The summed E-state index contributed by atoms with van der Waals surface area (Å²) < 4.78 is 0. The van der Waals surface area contributed by atoms with Gasteiger partial charge in [-0.05, 0) is 31.5 Å². The molecule has 0 aliphatic heterocycles. The number of nitrogens with one attached hydrogen (secondary N) is 1. The number of aryl methyl sites for hydroxylation is 2. The van der Waals surface area contributed by atoms with E-state index < -0.39 is 0 Å². The SMILES string of the molecule is Cc1cc(C(=O)CCC(=O)NCCSCc2ccccc2C#N)c(C)s1. The molecule has 0 saturated heterocycles. The number of hydrogen-bond donors (Lipinski definition) is 1. The number of benzene rings is 1. The highest BCUT2D eigenvalue weighted by Crippen LogP contribution is 2.22. The third-order valence-corrected chi connectivity index (χ3v) is 5.86. The second kappa shape index (κ2) is 10.1. The first-order chi connectivity index (χ1) is 12.5. The van der Waals surface area contributed by atoms with Crippen LogP contribution in [-0.2, 0) is 10.5 Å². The van der Waals surface area contributed by atoms with Gasteiger partial charge in [0.05, 0.1) is 11.6 Å². The van der Waals surface area contributed by atoms with Crippen molar-refractivity contribution in [1.82, 2.24) is 5.32 Å². The van der Waals surface area contributed by atoms with Crippen LogP contribution in [0.25, 0.3) is 0 Å². The molecule has 0 fully saturated rings. The first-order valence-electron chi connectivity index (χ1n) is 8.44. The first kappa shape index (κ1) is 20.2. The van der Waals surface area contributed by atoms with Crippen LogP contribution in [0, 0.1) is 25.2 Å². The number of rotatable bonds is 9. The fourth-order valence-electron chi connectivity index (χ4n) is 2.56. The van der Waals surface area contributed by atoms with Gasteiger partial charge in [0.2, 0.25) is 5.91 Å². The topological polar surface area (TPSA) is 70.0 Å². The highest BCUT2D eigenvalue weighted by atomic mass is 32.2. The molecule has 0 bridgehead atoms. The van der Waals surface area contributed by atoms with Crippen LogP contribution in [0.2, 0.25) is 0 Å². The van der Waals surface area contributed by atoms with Crippen LogP contribution in [0.15, 0.2) is 30.3 Å². The van der Waals surface area contributed by atoms with E-state index in [0.717, 1.165) is 32.4 Å². The van der Waals surface area contributed by atoms with Crippen LogP contribution >= 0.6 is 23.1 Å². The number of hydrogen-bond acceptors (Lipinski definition) is 5. The molecule has 0 spiro atoms. The largest absolute Gasteiger partial charge is 0.355 e. The fourth-order valence-corrected chi connectivity index (χ4v) is 4.36. The summed E-state index contributed by atoms with van der Waals surface area (Å²) in [5.74, 6) is 1.45. The maximum Gasteiger partial charge on any atom is 0.220 e. The van der Waals surface area contributed by atoms with E-state index in [1.807, 2.05) is 44.2 Å². The quantitative estimate of drug-likeness (QED) is 0.517. The van der Waals surface area contributed by atoms with Crippen molar-refractivity contribution in [3.8, 4) is 6.07 Å². The zero-order valence-corrected chi connectivity index (χ0v) is 16.6. The highest BCUT2D eigenvalue weighted by molar-refractivity contribution is 7.98. The Kier molecular flexibility index (Phi) is 7.89. The van der Waals surface area contributed by atoms with Gasteiger partial charge in [0.15, 0.2) is 5.78 Å². The van der Waals surface area contributed by atoms with E-state index in [-0.39, 0.29) is 24.5 Å². The van der Waals surface area contributed by atoms with E-state index in [1.165, 1.54) is 0 Å². The Morgan fingerprint density at radius 1 is 1.23 bits per heavy atom. The van der Waals surface area contributed by atoms with Crippen LogP contribution in [-0.4, -0.2) is 24.0 Å². The van der Waals surface area contributed by atoms with Crippen LogP contribution in [0.1, 0.15) is 44.1 Å². The molecule has 6 heteroatoms. The normalized spacial score (nSPS) is 10.3. The molecule has 1 aromatic carbocycles. The van der Waals surface area contributed by atoms with Gasteiger partial charge in [-0.15, -0.1) is 11.3 Å². The van der Waals surface area contributed by atoms with Crippen molar-refractivity contribution >= 4 is 34.8 Å². The Labute approximate surface area is 162 Å². The molecule has 1 amide bonds. The van der Waals surface area contributed by atoms with Gasteiger partial charge in [0, 0.05) is 46.2 Å². The molecule has 26 heavy (non-hydrogen) atoms. The average Bonchev–Trinajstić information content (AvgIpc) is 2.98. The molecular formula is C20H22N2O2S2. The summed E-state index contributed by atoms with van der Waals surface area (Å²) in [6, 6.07) is 11.6. The number of amides is 1. The minimum Gasteiger partial charge on any atom is -0.355 e. The van der Waals surface area contributed by atoms with Crippen molar-refractivity contribution in [3.05, 3.63) is 56.8 Å². The predicted octanol–water partition coefficient (Wildman–Crippen LogP) is 4.25. The maximum absolute atomic E-state index is 12.2. The lowest BCUT2D eigenvalue weighted by molar-refractivity contribution is -0.120. The van der Waals surface area contributed by atoms with Gasteiger partial charge < -0.3 is 5.32 Å². The van der Waals surface area contributed by atoms with Gasteiger partial charge in [-0.3, -0.25) is 9.59 Å². The smallest absolute Gasteiger partial charge is 0.220 e. The Balaban J connectivity index is 1.64. The molecule has 4 nitrogen and oxygen atoms in total. The molecule has 0 saturated carbocycles. The summed E-state index contributed by atoms with van der Waals surface area (Å²) in [6.07, 6.45) is 0.459. The van der Waals surface area contributed by atoms with Crippen LogP contribution < -0.4 is 5.32 Å². The van der Waals surface area contributed by atoms with Crippen molar-refractivity contribution < 1.29 is 9.59 Å². The number of Topliss-reactive ketones (excluding diaryl/α,β-unsaturated/α-hetero) is 1. The van der Waals surface area contributed by atoms with Crippen molar-refractivity contribution in [2.24, 2.45) is 0 Å². The van der Waals surface area contributed by atoms with Crippen molar-refractivity contribution in [1.29, 1.82) is 5.26 Å². The Hall–Kier alpha value is -2.10. The number of nitrogens with zero attached hydrogens (tertiary/aromatic N) is 1. The van der Waals surface area contributed by atoms with Gasteiger partial charge in [-0.1, -0.05) is 18.2 Å². The second-order valence-electron chi connectivity index (χ2n) is 5.92. The average molecular weight is 387 g/mol. The van der Waals surface area contributed by atoms with Crippen molar-refractivity contribution in [2.75, 3.05) is 12.3 Å². The van der Waals surface area contributed by atoms with E-state index in [4.69, 9.17) is 5.26 Å². The molecule has 2 rings (SSSR count). The van der Waals surface area contributed by atoms with Gasteiger partial charge in [0.25, 0.3) is 0 Å². The number of nitriles is 1. The zero-order valence-electron chi connectivity index (χ0n) is 15.0. The summed E-state index contributed by atoms with van der Waals surface area (Å²) in [4.78, 5) is 26.2. The van der Waals surface area contributed by atoms with E-state index in [2.05, 4.69) is 11.4 Å². The van der Waals surface area contributed by atoms with E-state index >= 15 is 0 Å². The minimum absolute atomic E-state index is 0.0319. The number of thioether (sulfide) groups is 1. The summed E-state index contributed by atoms with van der Waals surface area (Å²) in [7, 11) is 0. The van der Waals surface area contributed by atoms with E-state index in [0.29, 0.717) is 12.1 Å². The number of carbonyl (C=O) groups is 2. The summed E-state index contributed by atoms with van der Waals surface area (Å²) in [5, 5.41) is 11.9. The molecule has 0 aliphatic carbocycles. The molecule has 1 aromatic heterocycles. The van der Waals surface area contributed by atoms with Crippen molar-refractivity contribution in [2.45, 2.75) is 32.4 Å². The number of ketones is 1. The molecule has 0 radical (unpaired) electrons. The minimum atomic E-state index is -0.0963. The molecular weight excluding hydrogens is 364 g/mol. The fraction of sp³-hybridized carbons (Fsp3) is 0.350. The molecule has 0 aliphatic rings. The summed E-state index contributed by atoms with van der Waals surface area (Å²) in [6.45, 7) is 4.48. The molecule has 0 unspecified atom stereocenters. The Morgan fingerprint density at radius 2 is 2.00 bits per heavy atom. The second-order valence-corrected chi connectivity index (χ2v) is 8.49. The number of carbonyl (C=O) groups excluding carboxylic acids is 2. The maximum atomic E-state index is 12.2. The highest BCUT2D eigenvalue weighted by Gasteiger charge is 2.13. The van der Waals surface area contributed by atoms with E-state index in [1.54, 1.807) is 23.1 Å². The number of thiophene rings is 1. The van der Waals surface area contributed by atoms with Crippen LogP contribution in [0.3, 0.4) is 0 Å². The summed E-state index contributed by atoms with van der Waals surface area (Å²) >= 11 is 3.28. The summed E-state index contributed by atoms with van der Waals surface area (Å²) in [5.41, 5.74) is 2.45. The van der Waals surface area contributed by atoms with Crippen LogP contribution in [0.4, 0.5) is 0 Å². The van der Waals surface area contributed by atoms with Crippen molar-refractivity contribution in [3.63, 3.8) is 0 Å². The zero-order chi connectivity index (χ0) is 18.9. The molecule has 1 heterocycles. The molecule has 0 atom stereocenters. The third kappa shape index (κ3) is 6.01. The predicted molar refractivity (Wildman–Crippen MR) is 108 cm³/mol. The third-order valence-electron chi connectivity index (χ3n) is 3.88. The Bertz CT molecular complexity index is 821. The lowest BCUT2D eigenvalue weighted by Gasteiger charge is -2.06. The standard InChI is InChI=1S/C20H22N2O2S2/c1-14-11-18(15(2)26-14)19(23)7-8-20(24)22-9-10-25-13-17-6-4-3-5-16(17)12-21/h3-6,11H,7-10,13H2,1-2H3,(H,22,24). The first-order valence-corrected chi connectivity index (χ1v) is 10.4. The van der Waals surface area contributed by atoms with E-state index in [9.17, 15) is 9.59 Å². The van der Waals surface area contributed by atoms with Gasteiger partial charge in [-0.25, -0.2) is 0 Å².